The van der Waals surface area contributed by atoms with Crippen LogP contribution < -0.4 is 68.2 Å². The molecule has 4 aromatic heterocycles. The monoisotopic (exact) mass is 1750 g/mol. The predicted molar refractivity (Wildman–Crippen MR) is 449 cm³/mol. The van der Waals surface area contributed by atoms with E-state index in [1.807, 2.05) is 99.6 Å². The first-order valence-electron chi connectivity index (χ1n) is 42.0. The zero-order valence-corrected chi connectivity index (χ0v) is 70.5. The lowest BCUT2D eigenvalue weighted by molar-refractivity contribution is 0.0462. The van der Waals surface area contributed by atoms with Gasteiger partial charge in [0, 0.05) is 73.0 Å². The number of nitrogens with two attached hydrogens (primary N) is 1. The first-order chi connectivity index (χ1) is 60.4. The molecule has 3 aliphatic heterocycles. The number of benzene rings is 4. The number of aromatic nitrogens is 3. The van der Waals surface area contributed by atoms with Crippen LogP contribution in [0.25, 0.3) is 0 Å². The highest BCUT2D eigenvalue weighted by atomic mass is 19.1. The SMILES string of the molecule is CC(C)(C)OC(=O)N[C@@H]1CCCC[C@@H]1N.CCOC(=O)c1cn2c(c(OCc3ccccc3)c1=O)C(=O)N[C@@H]1CCCC[C@@H]12.CCOC(=O)c1occ(C(=O)OCC)c(=O)c1OCc1ccccc1.O=C(NCc1c(F)cc(F)cc1F)c1cn2c(c(O)c1=O)C(=O)N[C@@H]1CCCC[C@@H]12.O=C(O)c1cn2c(c(OCc3ccccc3)c1=O)C(=O)N[C@@H]1CCCC[C@@H]12. The molecule has 8 aromatic rings. The van der Waals surface area contributed by atoms with Crippen molar-refractivity contribution >= 4 is 53.6 Å². The van der Waals surface area contributed by atoms with Crippen LogP contribution in [0.2, 0.25) is 0 Å². The zero-order chi connectivity index (χ0) is 90.6. The number of ether oxygens (including phenoxy) is 7. The highest BCUT2D eigenvalue weighted by molar-refractivity contribution is 6.01. The van der Waals surface area contributed by atoms with Gasteiger partial charge in [0.1, 0.15) is 71.4 Å². The fourth-order valence-electron chi connectivity index (χ4n) is 16.0. The van der Waals surface area contributed by atoms with Crippen molar-refractivity contribution in [2.75, 3.05) is 19.8 Å². The summed E-state index contributed by atoms with van der Waals surface area (Å²) >= 11 is 0. The molecule has 0 unspecified atom stereocenters. The van der Waals surface area contributed by atoms with E-state index in [9.17, 15) is 85.7 Å². The number of hydrogen-bond acceptors (Lipinski definition) is 23. The van der Waals surface area contributed by atoms with E-state index in [1.54, 1.807) is 42.0 Å². The van der Waals surface area contributed by atoms with Crippen molar-refractivity contribution in [3.63, 3.8) is 0 Å². The average Bonchev–Trinajstić information content (AvgIpc) is 0.754. The van der Waals surface area contributed by atoms with Gasteiger partial charge in [-0.1, -0.05) is 142 Å². The molecule has 0 radical (unpaired) electrons. The van der Waals surface area contributed by atoms with Crippen molar-refractivity contribution < 1.29 is 104 Å². The first kappa shape index (κ1) is 93.4. The number of aromatic carboxylic acids is 1. The Morgan fingerprint density at radius 1 is 0.500 bits per heavy atom. The molecule has 0 spiro atoms. The van der Waals surface area contributed by atoms with E-state index in [-0.39, 0.29) is 151 Å². The molecule has 4 aliphatic carbocycles. The molecule has 5 amide bonds. The Morgan fingerprint density at radius 3 is 1.34 bits per heavy atom. The molecule has 0 bridgehead atoms. The molecular formula is C91H102F3N9O23. The average molecular weight is 1750 g/mol. The number of carbonyl (C=O) groups excluding carboxylic acids is 8. The van der Waals surface area contributed by atoms with Crippen molar-refractivity contribution in [2.24, 2.45) is 5.73 Å². The van der Waals surface area contributed by atoms with Gasteiger partial charge in [-0.15, -0.1) is 0 Å². The van der Waals surface area contributed by atoms with E-state index in [0.717, 1.165) is 119 Å². The van der Waals surface area contributed by atoms with E-state index in [1.165, 1.54) is 23.2 Å². The maximum atomic E-state index is 13.8. The number of alkyl carbamates (subject to hydrolysis) is 1. The molecule has 670 valence electrons. The van der Waals surface area contributed by atoms with Gasteiger partial charge >= 0.3 is 30.0 Å². The summed E-state index contributed by atoms with van der Waals surface area (Å²) in [6.07, 6.45) is 19.4. The van der Waals surface area contributed by atoms with Gasteiger partial charge in [-0.2, -0.15) is 0 Å². The van der Waals surface area contributed by atoms with E-state index >= 15 is 0 Å². The van der Waals surface area contributed by atoms with Crippen LogP contribution in [0.1, 0.15) is 268 Å². The van der Waals surface area contributed by atoms with E-state index in [2.05, 4.69) is 26.6 Å². The summed E-state index contributed by atoms with van der Waals surface area (Å²) in [6, 6.07) is 28.2. The molecule has 15 rings (SSSR count). The summed E-state index contributed by atoms with van der Waals surface area (Å²) in [4.78, 5) is 161. The molecule has 35 heteroatoms. The van der Waals surface area contributed by atoms with Crippen LogP contribution in [0.5, 0.6) is 23.0 Å². The van der Waals surface area contributed by atoms with Crippen LogP contribution in [-0.4, -0.2) is 133 Å². The maximum Gasteiger partial charge on any atom is 0.407 e. The fraction of sp³-hybridized carbons (Fsp3) is 0.418. The predicted octanol–water partition coefficient (Wildman–Crippen LogP) is 11.7. The standard InChI is InChI=1S/C22H24N2O5.C20H18F3N3O4.C20H20N2O5.C18H18O7.C11H22N2O2/c1-2-28-22(27)15-12-24-17-11-7-6-10-16(17)23-21(26)18(24)20(19(15)25)29-13-14-8-4-3-5-9-14;21-9-5-12(22)10(13(23)6-9)7-24-19(29)11-8-26-15-4-2-1-3-14(15)25-20(30)16(26)18(28)17(11)27;23-17-13(20(25)26)10-22-15-9-5-4-8-14(15)21-19(24)16(22)18(17)27-11-12-6-2-1-3-7-12;1-3-22-17(20)13-11-25-16(18(21)23-4-2)15(14(13)19)24-10-12-8-6-5-7-9-12;1-11(2,3)15-10(14)13-9-7-5-4-6-8(9)12/h3-5,8-9,12,16-17H,2,6-7,10-11,13H2,1H3,(H,23,26);5-6,8,14-15,28H,1-4,7H2,(H,24,29)(H,25,30);1-3,6-7,10,14-15H,4-5,8-9,11H2,(H,21,24)(H,25,26);5-9,11H,3-4,10H2,1-2H3;8-9H,4-7,12H2,1-3H3,(H,13,14)/t16-,17+;2*14-,15+;;8-,9+/m111.0/s1. The van der Waals surface area contributed by atoms with Crippen LogP contribution in [0.3, 0.4) is 0 Å². The summed E-state index contributed by atoms with van der Waals surface area (Å²) in [5.41, 5.74) is 2.93. The smallest absolute Gasteiger partial charge is 0.407 e. The van der Waals surface area contributed by atoms with Crippen molar-refractivity contribution in [1.29, 1.82) is 0 Å². The van der Waals surface area contributed by atoms with Gasteiger partial charge in [0.15, 0.2) is 34.3 Å². The third kappa shape index (κ3) is 22.8. The number of halogens is 3. The maximum absolute atomic E-state index is 13.8. The number of aromatic hydroxyl groups is 1. The Labute approximate surface area is 721 Å². The Morgan fingerprint density at radius 2 is 0.889 bits per heavy atom. The summed E-state index contributed by atoms with van der Waals surface area (Å²) in [7, 11) is 0. The van der Waals surface area contributed by atoms with E-state index in [0.29, 0.717) is 18.6 Å². The van der Waals surface area contributed by atoms with Gasteiger partial charge in [0.25, 0.3) is 29.4 Å². The van der Waals surface area contributed by atoms with E-state index < -0.39 is 116 Å². The molecule has 32 nitrogen and oxygen atoms in total. The largest absolute Gasteiger partial charge is 0.503 e. The quantitative estimate of drug-likeness (QED) is 0.0259. The van der Waals surface area contributed by atoms with Gasteiger partial charge in [0.2, 0.25) is 27.5 Å². The minimum atomic E-state index is -1.32. The number of esters is 3. The lowest BCUT2D eigenvalue weighted by Crippen LogP contribution is -2.50. The lowest BCUT2D eigenvalue weighted by Gasteiger charge is -2.39. The summed E-state index contributed by atoms with van der Waals surface area (Å²) in [5.74, 6) is -11.4. The van der Waals surface area contributed by atoms with Gasteiger partial charge < -0.3 is 93.8 Å². The number of pyridine rings is 3. The molecule has 0 saturated heterocycles. The van der Waals surface area contributed by atoms with Crippen molar-refractivity contribution in [2.45, 2.75) is 225 Å². The molecule has 9 N–H and O–H groups in total. The number of carbonyl (C=O) groups is 9. The van der Waals surface area contributed by atoms with Crippen LogP contribution in [0.15, 0.2) is 152 Å². The van der Waals surface area contributed by atoms with Crippen LogP contribution in [0.4, 0.5) is 18.0 Å². The van der Waals surface area contributed by atoms with Crippen molar-refractivity contribution in [1.82, 2.24) is 40.3 Å². The lowest BCUT2D eigenvalue weighted by atomic mass is 9.87. The third-order valence-corrected chi connectivity index (χ3v) is 22.1. The van der Waals surface area contributed by atoms with Crippen molar-refractivity contribution in [3.05, 3.63) is 254 Å². The van der Waals surface area contributed by atoms with E-state index in [4.69, 9.17) is 43.3 Å². The van der Waals surface area contributed by atoms with Gasteiger partial charge in [-0.3, -0.25) is 38.4 Å². The fourth-order valence-corrected chi connectivity index (χ4v) is 16.0. The molecule has 7 aliphatic rings. The Bertz CT molecular complexity index is 5560. The highest BCUT2D eigenvalue weighted by Gasteiger charge is 2.43. The molecular weight excluding hydrogens is 1640 g/mol. The summed E-state index contributed by atoms with van der Waals surface area (Å²) in [6.45, 7) is 10.4. The minimum Gasteiger partial charge on any atom is -0.503 e. The van der Waals surface area contributed by atoms with Crippen LogP contribution in [-0.2, 0) is 45.3 Å². The number of fused-ring (bicyclic) bond motifs is 9. The number of hydrogen-bond donors (Lipinski definition) is 8. The third-order valence-electron chi connectivity index (χ3n) is 22.1. The Hall–Kier alpha value is -13.3. The number of amides is 5. The number of nitrogens with zero attached hydrogens (tertiary/aromatic N) is 3. The molecule has 126 heavy (non-hydrogen) atoms. The number of carboxylic acids is 1. The zero-order valence-electron chi connectivity index (χ0n) is 70.5. The Kier molecular flexibility index (Phi) is 31.7. The molecule has 8 atom stereocenters. The number of carboxylic acid groups (broad SMARTS) is 1. The summed E-state index contributed by atoms with van der Waals surface area (Å²) < 4.78 is 87.5. The second-order valence-electron chi connectivity index (χ2n) is 31.8. The molecule has 4 saturated carbocycles. The highest BCUT2D eigenvalue weighted by Crippen LogP contribution is 2.39. The Balaban J connectivity index is 0.000000155. The first-order valence-corrected chi connectivity index (χ1v) is 42.0. The number of rotatable bonds is 20. The second kappa shape index (κ2) is 42.8. The minimum absolute atomic E-state index is 0.00991. The normalized spacial score (nSPS) is 19.2. The molecule has 4 fully saturated rings. The van der Waals surface area contributed by atoms with Crippen molar-refractivity contribution in [3.8, 4) is 23.0 Å². The van der Waals surface area contributed by atoms with Gasteiger partial charge in [-0.05, 0) is 110 Å². The molecule has 7 heterocycles. The number of nitrogens with one attached hydrogen (secondary N) is 5. The van der Waals surface area contributed by atoms with Crippen LogP contribution in [0, 0.1) is 17.5 Å². The van der Waals surface area contributed by atoms with Gasteiger partial charge in [0.05, 0.1) is 37.9 Å². The summed E-state index contributed by atoms with van der Waals surface area (Å²) in [5, 5.41) is 33.6. The molecule has 4 aromatic carbocycles. The topological polar surface area (TPSA) is 441 Å². The second-order valence-corrected chi connectivity index (χ2v) is 31.8. The van der Waals surface area contributed by atoms with Gasteiger partial charge in [-0.25, -0.2) is 37.1 Å². The van der Waals surface area contributed by atoms with Crippen LogP contribution >= 0.6 is 0 Å².